The van der Waals surface area contributed by atoms with E-state index in [2.05, 4.69) is 5.32 Å². The number of para-hydroxylation sites is 1. The van der Waals surface area contributed by atoms with Gasteiger partial charge < -0.3 is 10.4 Å². The van der Waals surface area contributed by atoms with Crippen molar-refractivity contribution >= 4 is 23.0 Å². The Balaban J connectivity index is 2.58. The molecule has 0 radical (unpaired) electrons. The highest BCUT2D eigenvalue weighted by Gasteiger charge is 2.17. The van der Waals surface area contributed by atoms with E-state index in [1.54, 1.807) is 12.1 Å². The molecule has 0 saturated heterocycles. The molecule has 1 aromatic rings. The van der Waals surface area contributed by atoms with Gasteiger partial charge in [0.2, 0.25) is 0 Å². The van der Waals surface area contributed by atoms with Gasteiger partial charge in [0, 0.05) is 13.2 Å². The number of anilines is 1. The van der Waals surface area contributed by atoms with Gasteiger partial charge in [-0.2, -0.15) is 0 Å². The van der Waals surface area contributed by atoms with E-state index in [0.717, 1.165) is 19.3 Å². The minimum Gasteiger partial charge on any atom is -0.396 e. The number of aliphatic hydroxyl groups excluding tert-OH is 1. The lowest BCUT2D eigenvalue weighted by Crippen LogP contribution is -2.04. The number of hydrogen-bond donors (Lipinski definition) is 2. The van der Waals surface area contributed by atoms with E-state index >= 15 is 0 Å². The number of aliphatic hydroxyl groups is 1. The molecule has 0 bridgehead atoms. The Hall–Kier alpha value is -1.33. The van der Waals surface area contributed by atoms with Gasteiger partial charge in [-0.3, -0.25) is 10.1 Å². The van der Waals surface area contributed by atoms with Crippen molar-refractivity contribution in [3.8, 4) is 0 Å². The second-order valence-corrected chi connectivity index (χ2v) is 4.01. The zero-order valence-corrected chi connectivity index (χ0v) is 10.1. The Morgan fingerprint density at radius 1 is 1.35 bits per heavy atom. The number of nitrogens with zero attached hydrogens (tertiary/aromatic N) is 1. The summed E-state index contributed by atoms with van der Waals surface area (Å²) in [7, 11) is 0. The topological polar surface area (TPSA) is 75.4 Å². The Kier molecular flexibility index (Phi) is 5.72. The van der Waals surface area contributed by atoms with Crippen molar-refractivity contribution in [3.63, 3.8) is 0 Å². The SMILES string of the molecule is O=[N+]([O-])c1c(Cl)cccc1NCCCCCO. The zero-order chi connectivity index (χ0) is 12.7. The van der Waals surface area contributed by atoms with Crippen LogP contribution in [0.2, 0.25) is 5.02 Å². The average molecular weight is 259 g/mol. The lowest BCUT2D eigenvalue weighted by atomic mass is 10.2. The Morgan fingerprint density at radius 2 is 2.12 bits per heavy atom. The highest BCUT2D eigenvalue weighted by molar-refractivity contribution is 6.33. The van der Waals surface area contributed by atoms with Crippen LogP contribution in [0, 0.1) is 10.1 Å². The van der Waals surface area contributed by atoms with Gasteiger partial charge in [0.1, 0.15) is 10.7 Å². The van der Waals surface area contributed by atoms with Gasteiger partial charge in [-0.1, -0.05) is 17.7 Å². The van der Waals surface area contributed by atoms with Crippen LogP contribution in [0.4, 0.5) is 11.4 Å². The molecule has 1 rings (SSSR count). The van der Waals surface area contributed by atoms with Crippen LogP contribution in [-0.2, 0) is 0 Å². The van der Waals surface area contributed by atoms with Gasteiger partial charge in [0.05, 0.1) is 4.92 Å². The molecule has 17 heavy (non-hydrogen) atoms. The number of halogens is 1. The number of nitro groups is 1. The van der Waals surface area contributed by atoms with Crippen LogP contribution in [0.3, 0.4) is 0 Å². The molecule has 0 heterocycles. The number of hydrogen-bond acceptors (Lipinski definition) is 4. The molecule has 2 N–H and O–H groups in total. The van der Waals surface area contributed by atoms with Gasteiger partial charge in [0.25, 0.3) is 0 Å². The summed E-state index contributed by atoms with van der Waals surface area (Å²) >= 11 is 5.77. The molecule has 0 atom stereocenters. The molecule has 0 aliphatic rings. The molecule has 0 saturated carbocycles. The summed E-state index contributed by atoms with van der Waals surface area (Å²) < 4.78 is 0. The standard InChI is InChI=1S/C11H15ClN2O3/c12-9-5-4-6-10(11(9)14(16)17)13-7-2-1-3-8-15/h4-6,13,15H,1-3,7-8H2. The van der Waals surface area contributed by atoms with Gasteiger partial charge in [0.15, 0.2) is 0 Å². The predicted octanol–water partition coefficient (Wildman–Crippen LogP) is 2.82. The number of benzene rings is 1. The predicted molar refractivity (Wildman–Crippen MR) is 67.5 cm³/mol. The van der Waals surface area contributed by atoms with Gasteiger partial charge in [-0.25, -0.2) is 0 Å². The van der Waals surface area contributed by atoms with E-state index in [1.807, 2.05) is 0 Å². The highest BCUT2D eigenvalue weighted by atomic mass is 35.5. The van der Waals surface area contributed by atoms with Crippen LogP contribution >= 0.6 is 11.6 Å². The first-order valence-electron chi connectivity index (χ1n) is 5.44. The molecule has 0 amide bonds. The molecule has 6 heteroatoms. The quantitative estimate of drug-likeness (QED) is 0.448. The van der Waals surface area contributed by atoms with Crippen molar-refractivity contribution in [2.24, 2.45) is 0 Å². The summed E-state index contributed by atoms with van der Waals surface area (Å²) in [5.74, 6) is 0. The number of nitro benzene ring substituents is 1. The van der Waals surface area contributed by atoms with Gasteiger partial charge in [-0.15, -0.1) is 0 Å². The van der Waals surface area contributed by atoms with Crippen LogP contribution in [-0.4, -0.2) is 23.2 Å². The molecule has 0 aliphatic heterocycles. The number of rotatable bonds is 7. The van der Waals surface area contributed by atoms with Crippen LogP contribution in [0.15, 0.2) is 18.2 Å². The maximum Gasteiger partial charge on any atom is 0.310 e. The smallest absolute Gasteiger partial charge is 0.310 e. The monoisotopic (exact) mass is 258 g/mol. The lowest BCUT2D eigenvalue weighted by Gasteiger charge is -2.07. The average Bonchev–Trinajstić information content (AvgIpc) is 2.28. The van der Waals surface area contributed by atoms with Crippen LogP contribution in [0.5, 0.6) is 0 Å². The molecule has 0 aliphatic carbocycles. The zero-order valence-electron chi connectivity index (χ0n) is 9.36. The summed E-state index contributed by atoms with van der Waals surface area (Å²) in [6.07, 6.45) is 2.49. The van der Waals surface area contributed by atoms with Crippen molar-refractivity contribution < 1.29 is 10.0 Å². The minimum absolute atomic E-state index is 0.0867. The van der Waals surface area contributed by atoms with Crippen molar-refractivity contribution in [1.82, 2.24) is 0 Å². The summed E-state index contributed by atoms with van der Waals surface area (Å²) in [5, 5.41) is 22.6. The van der Waals surface area contributed by atoms with Crippen molar-refractivity contribution in [2.45, 2.75) is 19.3 Å². The maximum absolute atomic E-state index is 10.8. The van der Waals surface area contributed by atoms with Gasteiger partial charge >= 0.3 is 5.69 Å². The lowest BCUT2D eigenvalue weighted by molar-refractivity contribution is -0.383. The molecule has 0 fully saturated rings. The fourth-order valence-electron chi connectivity index (χ4n) is 1.48. The first-order valence-corrected chi connectivity index (χ1v) is 5.82. The molecular weight excluding hydrogens is 244 g/mol. The van der Waals surface area contributed by atoms with E-state index in [1.165, 1.54) is 6.07 Å². The summed E-state index contributed by atoms with van der Waals surface area (Å²) in [5.41, 5.74) is 0.350. The van der Waals surface area contributed by atoms with E-state index in [9.17, 15) is 10.1 Å². The second-order valence-electron chi connectivity index (χ2n) is 3.60. The fourth-order valence-corrected chi connectivity index (χ4v) is 1.72. The molecule has 0 unspecified atom stereocenters. The summed E-state index contributed by atoms with van der Waals surface area (Å²) in [6.45, 7) is 0.804. The summed E-state index contributed by atoms with van der Waals surface area (Å²) in [6, 6.07) is 4.80. The maximum atomic E-state index is 10.8. The minimum atomic E-state index is -0.488. The number of nitrogens with one attached hydrogen (secondary N) is 1. The van der Waals surface area contributed by atoms with E-state index < -0.39 is 4.92 Å². The molecule has 0 aromatic heterocycles. The summed E-state index contributed by atoms with van der Waals surface area (Å²) in [4.78, 5) is 10.3. The third-order valence-electron chi connectivity index (χ3n) is 2.32. The Bertz CT molecular complexity index is 385. The fraction of sp³-hybridized carbons (Fsp3) is 0.455. The van der Waals surface area contributed by atoms with Crippen molar-refractivity contribution in [3.05, 3.63) is 33.3 Å². The van der Waals surface area contributed by atoms with Gasteiger partial charge in [-0.05, 0) is 31.4 Å². The van der Waals surface area contributed by atoms with E-state index in [0.29, 0.717) is 12.2 Å². The normalized spacial score (nSPS) is 10.2. The first kappa shape index (κ1) is 13.7. The van der Waals surface area contributed by atoms with E-state index in [-0.39, 0.29) is 17.3 Å². The molecule has 0 spiro atoms. The molecule has 94 valence electrons. The van der Waals surface area contributed by atoms with Crippen LogP contribution in [0.1, 0.15) is 19.3 Å². The molecule has 5 nitrogen and oxygen atoms in total. The van der Waals surface area contributed by atoms with Crippen molar-refractivity contribution in [2.75, 3.05) is 18.5 Å². The highest BCUT2D eigenvalue weighted by Crippen LogP contribution is 2.32. The third kappa shape index (κ3) is 4.20. The molecular formula is C11H15ClN2O3. The number of unbranched alkanes of at least 4 members (excludes halogenated alkanes) is 2. The first-order chi connectivity index (χ1) is 8.16. The largest absolute Gasteiger partial charge is 0.396 e. The second kappa shape index (κ2) is 7.09. The van der Waals surface area contributed by atoms with Crippen molar-refractivity contribution in [1.29, 1.82) is 0 Å². The Morgan fingerprint density at radius 3 is 2.76 bits per heavy atom. The van der Waals surface area contributed by atoms with Crippen LogP contribution < -0.4 is 5.32 Å². The van der Waals surface area contributed by atoms with Crippen LogP contribution in [0.25, 0.3) is 0 Å². The molecule has 1 aromatic carbocycles. The van der Waals surface area contributed by atoms with E-state index in [4.69, 9.17) is 16.7 Å². The third-order valence-corrected chi connectivity index (χ3v) is 2.62. The Labute approximate surface area is 105 Å².